The fourth-order valence-corrected chi connectivity index (χ4v) is 4.56. The number of benzene rings is 2. The molecule has 0 saturated carbocycles. The van der Waals surface area contributed by atoms with Gasteiger partial charge in [0, 0.05) is 11.1 Å². The Morgan fingerprint density at radius 3 is 2.37 bits per heavy atom. The molecule has 2 aromatic rings. The number of hydroxylamine groups is 2. The Labute approximate surface area is 179 Å². The summed E-state index contributed by atoms with van der Waals surface area (Å²) in [5.41, 5.74) is 0.0201. The SMILES string of the molecule is C#CCOC1CC(C)(C)N(OC(C(=O)OC)c2ccc3ccccc3c2)C(C)(C)C1. The molecule has 0 N–H and O–H groups in total. The van der Waals surface area contributed by atoms with Gasteiger partial charge in [0.05, 0.1) is 13.2 Å². The minimum absolute atomic E-state index is 0.0307. The monoisotopic (exact) mass is 409 g/mol. The fourth-order valence-electron chi connectivity index (χ4n) is 4.56. The van der Waals surface area contributed by atoms with Crippen LogP contribution in [0.3, 0.4) is 0 Å². The molecule has 0 aromatic heterocycles. The van der Waals surface area contributed by atoms with E-state index in [2.05, 4.69) is 33.6 Å². The molecule has 1 fully saturated rings. The highest BCUT2D eigenvalue weighted by Gasteiger charge is 2.48. The molecule has 5 nitrogen and oxygen atoms in total. The number of hydrogen-bond acceptors (Lipinski definition) is 5. The fraction of sp³-hybridized carbons (Fsp3) is 0.480. The molecule has 5 heteroatoms. The number of ether oxygens (including phenoxy) is 2. The summed E-state index contributed by atoms with van der Waals surface area (Å²) in [6.45, 7) is 8.66. The van der Waals surface area contributed by atoms with Gasteiger partial charge in [0.15, 0.2) is 0 Å². The molecule has 1 atom stereocenters. The summed E-state index contributed by atoms with van der Waals surface area (Å²) in [5.74, 6) is 2.12. The summed E-state index contributed by atoms with van der Waals surface area (Å²) in [4.78, 5) is 19.2. The van der Waals surface area contributed by atoms with Crippen molar-refractivity contribution in [2.24, 2.45) is 0 Å². The summed E-state index contributed by atoms with van der Waals surface area (Å²) in [7, 11) is 1.38. The van der Waals surface area contributed by atoms with Crippen LogP contribution in [0.25, 0.3) is 10.8 Å². The maximum Gasteiger partial charge on any atom is 0.341 e. The van der Waals surface area contributed by atoms with Gasteiger partial charge in [0.25, 0.3) is 0 Å². The average Bonchev–Trinajstić information content (AvgIpc) is 2.70. The van der Waals surface area contributed by atoms with E-state index in [0.717, 1.165) is 29.2 Å². The number of hydrogen-bond donors (Lipinski definition) is 0. The van der Waals surface area contributed by atoms with Crippen molar-refractivity contribution in [1.29, 1.82) is 0 Å². The van der Waals surface area contributed by atoms with Gasteiger partial charge in [-0.3, -0.25) is 4.84 Å². The summed E-state index contributed by atoms with van der Waals surface area (Å²) in [6, 6.07) is 13.9. The van der Waals surface area contributed by atoms with Crippen LogP contribution in [0.15, 0.2) is 42.5 Å². The summed E-state index contributed by atoms with van der Waals surface area (Å²) in [5, 5.41) is 4.09. The molecule has 0 bridgehead atoms. The van der Waals surface area contributed by atoms with Crippen LogP contribution in [0.2, 0.25) is 0 Å². The van der Waals surface area contributed by atoms with Crippen LogP contribution >= 0.6 is 0 Å². The highest BCUT2D eigenvalue weighted by Crippen LogP contribution is 2.42. The van der Waals surface area contributed by atoms with E-state index in [0.29, 0.717) is 6.61 Å². The summed E-state index contributed by atoms with van der Waals surface area (Å²) in [6.07, 6.45) is 6.02. The molecule has 1 unspecified atom stereocenters. The third-order valence-corrected chi connectivity index (χ3v) is 5.66. The number of esters is 1. The number of rotatable bonds is 6. The van der Waals surface area contributed by atoms with Gasteiger partial charge in [-0.1, -0.05) is 42.3 Å². The van der Waals surface area contributed by atoms with Crippen molar-refractivity contribution in [3.05, 3.63) is 48.0 Å². The number of carbonyl (C=O) groups excluding carboxylic acids is 1. The van der Waals surface area contributed by atoms with Gasteiger partial charge in [-0.05, 0) is 62.9 Å². The van der Waals surface area contributed by atoms with Crippen molar-refractivity contribution < 1.29 is 19.1 Å². The lowest BCUT2D eigenvalue weighted by molar-refractivity contribution is -0.315. The Morgan fingerprint density at radius 2 is 1.77 bits per heavy atom. The summed E-state index contributed by atoms with van der Waals surface area (Å²) < 4.78 is 10.9. The van der Waals surface area contributed by atoms with E-state index in [4.69, 9.17) is 20.7 Å². The van der Waals surface area contributed by atoms with Crippen LogP contribution in [0, 0.1) is 12.3 Å². The molecule has 0 aliphatic carbocycles. The van der Waals surface area contributed by atoms with E-state index in [1.54, 1.807) is 0 Å². The van der Waals surface area contributed by atoms with Crippen LogP contribution in [-0.2, 0) is 19.1 Å². The maximum absolute atomic E-state index is 12.7. The standard InChI is InChI=1S/C25H31NO4/c1-7-14-29-21-16-24(2,3)26(25(4,5)17-21)30-22(23(27)28-6)20-13-12-18-10-8-9-11-19(18)15-20/h1,8-13,15,21-22H,14,16-17H2,2-6H3. The van der Waals surface area contributed by atoms with Crippen molar-refractivity contribution in [1.82, 2.24) is 5.06 Å². The van der Waals surface area contributed by atoms with Gasteiger partial charge in [0.2, 0.25) is 6.10 Å². The second kappa shape index (κ2) is 8.77. The number of piperidine rings is 1. The Hall–Kier alpha value is -2.39. The van der Waals surface area contributed by atoms with Crippen LogP contribution < -0.4 is 0 Å². The molecule has 30 heavy (non-hydrogen) atoms. The number of carbonyl (C=O) groups is 1. The van der Waals surface area contributed by atoms with Crippen molar-refractivity contribution in [3.8, 4) is 12.3 Å². The lowest BCUT2D eigenvalue weighted by Gasteiger charge is -2.54. The average molecular weight is 410 g/mol. The second-order valence-electron chi connectivity index (χ2n) is 9.08. The first-order valence-electron chi connectivity index (χ1n) is 10.3. The van der Waals surface area contributed by atoms with Crippen LogP contribution in [0.1, 0.15) is 52.2 Å². The van der Waals surface area contributed by atoms with E-state index in [1.807, 2.05) is 47.5 Å². The molecule has 1 heterocycles. The minimum Gasteiger partial charge on any atom is -0.467 e. The topological polar surface area (TPSA) is 48.0 Å². The lowest BCUT2D eigenvalue weighted by atomic mass is 9.80. The second-order valence-corrected chi connectivity index (χ2v) is 9.08. The number of terminal acetylenes is 1. The van der Waals surface area contributed by atoms with Crippen molar-refractivity contribution in [2.75, 3.05) is 13.7 Å². The smallest absolute Gasteiger partial charge is 0.341 e. The zero-order valence-corrected chi connectivity index (χ0v) is 18.5. The van der Waals surface area contributed by atoms with Gasteiger partial charge in [-0.15, -0.1) is 6.42 Å². The minimum atomic E-state index is -0.860. The Bertz CT molecular complexity index is 926. The molecule has 2 aromatic carbocycles. The van der Waals surface area contributed by atoms with Gasteiger partial charge in [-0.2, -0.15) is 5.06 Å². The molecular formula is C25H31NO4. The zero-order chi connectivity index (χ0) is 21.9. The molecule has 0 amide bonds. The first-order chi connectivity index (χ1) is 14.2. The van der Waals surface area contributed by atoms with Crippen molar-refractivity contribution >= 4 is 16.7 Å². The van der Waals surface area contributed by atoms with Crippen molar-refractivity contribution in [3.63, 3.8) is 0 Å². The maximum atomic E-state index is 12.7. The van der Waals surface area contributed by atoms with Gasteiger partial charge >= 0.3 is 5.97 Å². The third-order valence-electron chi connectivity index (χ3n) is 5.66. The predicted octanol–water partition coefficient (Wildman–Crippen LogP) is 4.66. The predicted molar refractivity (Wildman–Crippen MR) is 118 cm³/mol. The Balaban J connectivity index is 1.92. The van der Waals surface area contributed by atoms with Gasteiger partial charge in [0.1, 0.15) is 6.61 Å². The van der Waals surface area contributed by atoms with Crippen LogP contribution in [-0.4, -0.2) is 41.9 Å². The zero-order valence-electron chi connectivity index (χ0n) is 18.5. The van der Waals surface area contributed by atoms with E-state index in [1.165, 1.54) is 7.11 Å². The van der Waals surface area contributed by atoms with Crippen LogP contribution in [0.5, 0.6) is 0 Å². The van der Waals surface area contributed by atoms with E-state index in [9.17, 15) is 4.79 Å². The molecule has 1 aliphatic rings. The molecule has 3 rings (SSSR count). The largest absolute Gasteiger partial charge is 0.467 e. The lowest BCUT2D eigenvalue weighted by Crippen LogP contribution is -2.62. The quantitative estimate of drug-likeness (QED) is 0.513. The summed E-state index contributed by atoms with van der Waals surface area (Å²) >= 11 is 0. The molecule has 1 saturated heterocycles. The van der Waals surface area contributed by atoms with E-state index in [-0.39, 0.29) is 17.2 Å². The molecular weight excluding hydrogens is 378 g/mol. The van der Waals surface area contributed by atoms with E-state index >= 15 is 0 Å². The molecule has 0 spiro atoms. The normalized spacial score (nSPS) is 19.9. The Kier molecular flexibility index (Phi) is 6.52. The first kappa shape index (κ1) is 22.3. The van der Waals surface area contributed by atoms with Gasteiger partial charge in [-0.25, -0.2) is 4.79 Å². The highest BCUT2D eigenvalue weighted by atomic mass is 16.7. The van der Waals surface area contributed by atoms with E-state index < -0.39 is 12.1 Å². The Morgan fingerprint density at radius 1 is 1.13 bits per heavy atom. The highest BCUT2D eigenvalue weighted by molar-refractivity contribution is 5.85. The van der Waals surface area contributed by atoms with Crippen molar-refractivity contribution in [2.45, 2.75) is 63.8 Å². The van der Waals surface area contributed by atoms with Gasteiger partial charge < -0.3 is 9.47 Å². The first-order valence-corrected chi connectivity index (χ1v) is 10.3. The van der Waals surface area contributed by atoms with Crippen LogP contribution in [0.4, 0.5) is 0 Å². The number of fused-ring (bicyclic) bond motifs is 1. The molecule has 1 aliphatic heterocycles. The number of nitrogens with zero attached hydrogens (tertiary/aromatic N) is 1. The number of methoxy groups -OCH3 is 1. The molecule has 160 valence electrons. The third kappa shape index (κ3) is 4.67. The molecule has 0 radical (unpaired) electrons.